The largest absolute Gasteiger partial charge is 0.383 e. The van der Waals surface area contributed by atoms with Crippen molar-refractivity contribution in [1.82, 2.24) is 19.1 Å². The monoisotopic (exact) mass is 312 g/mol. The van der Waals surface area contributed by atoms with E-state index in [-0.39, 0.29) is 0 Å². The number of nitrogens with one attached hydrogen (secondary N) is 1. The fraction of sp³-hybridized carbons (Fsp3) is 0.615. The third kappa shape index (κ3) is 3.06. The standard InChI is InChI=1S/C13H20N4O3S/c1-5-8(2)21-13-14-10-9(17(13)6-7-20-4)11(18)15-12(19)16(10)3/h8H,5-7H2,1-4H3,(H,15,18,19)/t8-/m1/s1. The summed E-state index contributed by atoms with van der Waals surface area (Å²) in [6.07, 6.45) is 0.993. The number of ether oxygens (including phenoxy) is 1. The predicted octanol–water partition coefficient (Wildman–Crippen LogP) is 0.960. The van der Waals surface area contributed by atoms with Crippen LogP contribution in [0.1, 0.15) is 20.3 Å². The Labute approximate surface area is 126 Å². The lowest BCUT2D eigenvalue weighted by Gasteiger charge is -2.10. The zero-order chi connectivity index (χ0) is 15.6. The number of methoxy groups -OCH3 is 1. The minimum absolute atomic E-state index is 0.374. The van der Waals surface area contributed by atoms with Gasteiger partial charge in [0.1, 0.15) is 0 Å². The van der Waals surface area contributed by atoms with Gasteiger partial charge in [-0.3, -0.25) is 14.3 Å². The minimum Gasteiger partial charge on any atom is -0.383 e. The first-order valence-corrected chi connectivity index (χ1v) is 7.72. The number of hydrogen-bond donors (Lipinski definition) is 1. The van der Waals surface area contributed by atoms with E-state index in [2.05, 4.69) is 23.8 Å². The summed E-state index contributed by atoms with van der Waals surface area (Å²) in [5.41, 5.74) is -0.0395. The second-order valence-corrected chi connectivity index (χ2v) is 6.27. The van der Waals surface area contributed by atoms with Crippen LogP contribution in [0, 0.1) is 0 Å². The van der Waals surface area contributed by atoms with Crippen molar-refractivity contribution in [3.05, 3.63) is 20.8 Å². The maximum Gasteiger partial charge on any atom is 0.329 e. The van der Waals surface area contributed by atoms with E-state index in [1.165, 1.54) is 4.57 Å². The molecule has 2 aromatic heterocycles. The number of nitrogens with zero attached hydrogens (tertiary/aromatic N) is 3. The van der Waals surface area contributed by atoms with Crippen molar-refractivity contribution in [3.8, 4) is 0 Å². The van der Waals surface area contributed by atoms with Crippen molar-refractivity contribution in [2.75, 3.05) is 13.7 Å². The van der Waals surface area contributed by atoms with Gasteiger partial charge < -0.3 is 9.30 Å². The summed E-state index contributed by atoms with van der Waals surface area (Å²) in [4.78, 5) is 30.6. The summed E-state index contributed by atoms with van der Waals surface area (Å²) in [5.74, 6) is 0. The van der Waals surface area contributed by atoms with Gasteiger partial charge in [0.2, 0.25) is 0 Å². The summed E-state index contributed by atoms with van der Waals surface area (Å²) in [6.45, 7) is 5.20. The van der Waals surface area contributed by atoms with Crippen molar-refractivity contribution >= 4 is 22.9 Å². The molecule has 2 heterocycles. The molecule has 2 rings (SSSR count). The van der Waals surface area contributed by atoms with Gasteiger partial charge in [-0.2, -0.15) is 0 Å². The maximum absolute atomic E-state index is 12.1. The summed E-state index contributed by atoms with van der Waals surface area (Å²) < 4.78 is 8.29. The summed E-state index contributed by atoms with van der Waals surface area (Å²) in [6, 6.07) is 0. The van der Waals surface area contributed by atoms with Crippen LogP contribution >= 0.6 is 11.8 Å². The molecule has 0 aliphatic carbocycles. The molecule has 0 aromatic carbocycles. The lowest BCUT2D eigenvalue weighted by Crippen LogP contribution is -2.29. The van der Waals surface area contributed by atoms with Gasteiger partial charge in [0.25, 0.3) is 5.56 Å². The Morgan fingerprint density at radius 1 is 1.43 bits per heavy atom. The molecular formula is C13H20N4O3S. The van der Waals surface area contributed by atoms with E-state index in [1.54, 1.807) is 25.9 Å². The summed E-state index contributed by atoms with van der Waals surface area (Å²) >= 11 is 1.60. The molecule has 0 unspecified atom stereocenters. The molecular weight excluding hydrogens is 292 g/mol. The number of H-pyrrole nitrogens is 1. The number of aromatic amines is 1. The van der Waals surface area contributed by atoms with Gasteiger partial charge in [0, 0.05) is 26.0 Å². The Hall–Kier alpha value is -1.54. The first-order chi connectivity index (χ1) is 9.99. The van der Waals surface area contributed by atoms with Crippen molar-refractivity contribution < 1.29 is 4.74 Å². The molecule has 1 N–H and O–H groups in total. The van der Waals surface area contributed by atoms with Gasteiger partial charge in [-0.15, -0.1) is 0 Å². The SMILES string of the molecule is CC[C@@H](C)Sc1nc2c(c(=O)[nH]c(=O)n2C)n1CCOC. The number of fused-ring (bicyclic) bond motifs is 1. The minimum atomic E-state index is -0.455. The van der Waals surface area contributed by atoms with E-state index in [0.29, 0.717) is 29.6 Å². The van der Waals surface area contributed by atoms with Crippen LogP contribution in [0.4, 0.5) is 0 Å². The Morgan fingerprint density at radius 3 is 2.76 bits per heavy atom. The van der Waals surface area contributed by atoms with Crippen molar-refractivity contribution in [3.63, 3.8) is 0 Å². The Balaban J connectivity index is 2.66. The predicted molar refractivity (Wildman–Crippen MR) is 83.1 cm³/mol. The Bertz CT molecular complexity index is 746. The maximum atomic E-state index is 12.1. The van der Waals surface area contributed by atoms with Gasteiger partial charge in [0.15, 0.2) is 16.3 Å². The first kappa shape index (κ1) is 15.8. The van der Waals surface area contributed by atoms with Crippen LogP contribution in [0.2, 0.25) is 0 Å². The van der Waals surface area contributed by atoms with Gasteiger partial charge >= 0.3 is 5.69 Å². The van der Waals surface area contributed by atoms with Crippen LogP contribution < -0.4 is 11.2 Å². The third-order valence-electron chi connectivity index (χ3n) is 3.37. The number of thioether (sulfide) groups is 1. The highest BCUT2D eigenvalue weighted by atomic mass is 32.2. The Kier molecular flexibility index (Phi) is 4.89. The number of aryl methyl sites for hydroxylation is 1. The quantitative estimate of drug-likeness (QED) is 0.804. The van der Waals surface area contributed by atoms with Crippen molar-refractivity contribution in [1.29, 1.82) is 0 Å². The fourth-order valence-corrected chi connectivity index (χ4v) is 2.93. The molecule has 116 valence electrons. The highest BCUT2D eigenvalue weighted by Gasteiger charge is 2.18. The van der Waals surface area contributed by atoms with Crippen LogP contribution in [0.3, 0.4) is 0 Å². The van der Waals surface area contributed by atoms with E-state index in [1.807, 2.05) is 4.57 Å². The second kappa shape index (κ2) is 6.48. The molecule has 0 radical (unpaired) electrons. The van der Waals surface area contributed by atoms with Crippen LogP contribution in [0.5, 0.6) is 0 Å². The van der Waals surface area contributed by atoms with Crippen LogP contribution in [0.15, 0.2) is 14.7 Å². The number of hydrogen-bond acceptors (Lipinski definition) is 5. The molecule has 7 nitrogen and oxygen atoms in total. The molecule has 0 bridgehead atoms. The molecule has 0 saturated carbocycles. The van der Waals surface area contributed by atoms with E-state index in [4.69, 9.17) is 4.74 Å². The molecule has 0 spiro atoms. The molecule has 0 aliphatic rings. The van der Waals surface area contributed by atoms with Gasteiger partial charge in [-0.05, 0) is 6.42 Å². The number of rotatable bonds is 6. The molecule has 21 heavy (non-hydrogen) atoms. The molecule has 0 fully saturated rings. The van der Waals surface area contributed by atoms with Crippen LogP contribution in [0.25, 0.3) is 11.2 Å². The van der Waals surface area contributed by atoms with Crippen LogP contribution in [-0.2, 0) is 18.3 Å². The van der Waals surface area contributed by atoms with Crippen molar-refractivity contribution in [2.24, 2.45) is 7.05 Å². The smallest absolute Gasteiger partial charge is 0.329 e. The average Bonchev–Trinajstić information content (AvgIpc) is 2.81. The summed E-state index contributed by atoms with van der Waals surface area (Å²) in [5, 5.41) is 1.11. The molecule has 0 aliphatic heterocycles. The van der Waals surface area contributed by atoms with Crippen molar-refractivity contribution in [2.45, 2.75) is 37.2 Å². The number of imidazole rings is 1. The fourth-order valence-electron chi connectivity index (χ4n) is 1.96. The number of aromatic nitrogens is 4. The lowest BCUT2D eigenvalue weighted by molar-refractivity contribution is 0.186. The van der Waals surface area contributed by atoms with E-state index in [0.717, 1.165) is 11.6 Å². The van der Waals surface area contributed by atoms with E-state index >= 15 is 0 Å². The highest BCUT2D eigenvalue weighted by Crippen LogP contribution is 2.26. The van der Waals surface area contributed by atoms with Gasteiger partial charge in [-0.25, -0.2) is 9.78 Å². The molecule has 1 atom stereocenters. The molecule has 2 aromatic rings. The molecule has 0 amide bonds. The van der Waals surface area contributed by atoms with E-state index < -0.39 is 11.2 Å². The first-order valence-electron chi connectivity index (χ1n) is 6.84. The van der Waals surface area contributed by atoms with Crippen LogP contribution in [-0.4, -0.2) is 38.1 Å². The topological polar surface area (TPSA) is 81.9 Å². The van der Waals surface area contributed by atoms with Gasteiger partial charge in [0.05, 0.1) is 6.61 Å². The van der Waals surface area contributed by atoms with E-state index in [9.17, 15) is 9.59 Å². The molecule has 0 saturated heterocycles. The molecule has 8 heteroatoms. The zero-order valence-electron chi connectivity index (χ0n) is 12.7. The third-order valence-corrected chi connectivity index (χ3v) is 4.63. The normalized spacial score (nSPS) is 13.0. The van der Waals surface area contributed by atoms with Gasteiger partial charge in [-0.1, -0.05) is 25.6 Å². The summed E-state index contributed by atoms with van der Waals surface area (Å²) in [7, 11) is 3.21. The lowest BCUT2D eigenvalue weighted by atomic mass is 10.4. The Morgan fingerprint density at radius 2 is 2.14 bits per heavy atom. The second-order valence-electron chi connectivity index (χ2n) is 4.87. The highest BCUT2D eigenvalue weighted by molar-refractivity contribution is 7.99. The zero-order valence-corrected chi connectivity index (χ0v) is 13.5. The average molecular weight is 312 g/mol.